The second-order valence-electron chi connectivity index (χ2n) is 11.1. The molecular formula is C29H38F3N5O3S2. The van der Waals surface area contributed by atoms with Gasteiger partial charge in [0, 0.05) is 35.5 Å². The van der Waals surface area contributed by atoms with E-state index in [0.717, 1.165) is 17.4 Å². The van der Waals surface area contributed by atoms with Crippen LogP contribution in [0.2, 0.25) is 0 Å². The normalized spacial score (nSPS) is 19.6. The number of anilines is 1. The number of thioether (sulfide) groups is 1. The van der Waals surface area contributed by atoms with Gasteiger partial charge >= 0.3 is 6.55 Å². The molecule has 1 aliphatic carbocycles. The van der Waals surface area contributed by atoms with Gasteiger partial charge in [-0.15, -0.1) is 11.8 Å². The van der Waals surface area contributed by atoms with E-state index in [9.17, 15) is 26.4 Å². The minimum Gasteiger partial charge on any atom is -0.352 e. The molecule has 1 saturated carbocycles. The number of aryl methyl sites for hydroxylation is 1. The van der Waals surface area contributed by atoms with Crippen molar-refractivity contribution in [2.45, 2.75) is 67.6 Å². The summed E-state index contributed by atoms with van der Waals surface area (Å²) in [6.45, 7) is 0.341. The molecule has 1 amide bonds. The lowest BCUT2D eigenvalue weighted by molar-refractivity contribution is -0.121. The first kappa shape index (κ1) is 32.2. The average molecular weight is 626 g/mol. The first-order valence-corrected chi connectivity index (χ1v) is 16.7. The molecule has 8 nitrogen and oxygen atoms in total. The van der Waals surface area contributed by atoms with Crippen molar-refractivity contribution in [1.82, 2.24) is 20.0 Å². The molecule has 4 rings (SSSR count). The van der Waals surface area contributed by atoms with Gasteiger partial charge in [-0.05, 0) is 94.8 Å². The highest BCUT2D eigenvalue weighted by Gasteiger charge is 2.37. The van der Waals surface area contributed by atoms with Crippen LogP contribution in [0.1, 0.15) is 33.1 Å². The Labute approximate surface area is 249 Å². The van der Waals surface area contributed by atoms with Gasteiger partial charge in [-0.3, -0.25) is 14.4 Å². The molecule has 1 N–H and O–H groups in total. The Balaban J connectivity index is 1.56. The summed E-state index contributed by atoms with van der Waals surface area (Å²) in [5.41, 5.74) is 0.445. The van der Waals surface area contributed by atoms with Crippen LogP contribution in [-0.2, 0) is 21.7 Å². The van der Waals surface area contributed by atoms with Gasteiger partial charge in [0.1, 0.15) is 12.4 Å². The maximum atomic E-state index is 14.2. The molecule has 0 radical (unpaired) electrons. The molecule has 1 aromatic heterocycles. The number of hydrogen-bond acceptors (Lipinski definition) is 7. The number of benzene rings is 2. The molecule has 3 atom stereocenters. The Kier molecular flexibility index (Phi) is 10.1. The van der Waals surface area contributed by atoms with Crippen LogP contribution in [0.5, 0.6) is 0 Å². The first-order valence-electron chi connectivity index (χ1n) is 13.9. The number of halogens is 3. The lowest BCUT2D eigenvalue weighted by Gasteiger charge is -2.41. The van der Waals surface area contributed by atoms with Gasteiger partial charge < -0.3 is 10.2 Å². The third-order valence-corrected chi connectivity index (χ3v) is 10.8. The average Bonchev–Trinajstić information content (AvgIpc) is 3.26. The number of sulfone groups is 1. The molecule has 42 heavy (non-hydrogen) atoms. The van der Waals surface area contributed by atoms with Crippen LogP contribution in [-0.4, -0.2) is 79.3 Å². The fraction of sp³-hybridized carbons (Fsp3) is 0.517. The summed E-state index contributed by atoms with van der Waals surface area (Å²) in [6.07, 6.45) is 3.67. The Morgan fingerprint density at radius 3 is 2.48 bits per heavy atom. The van der Waals surface area contributed by atoms with Gasteiger partial charge in [0.25, 0.3) is 0 Å². The highest BCUT2D eigenvalue weighted by atomic mass is 32.2. The summed E-state index contributed by atoms with van der Waals surface area (Å²) in [4.78, 5) is 17.1. The zero-order valence-corrected chi connectivity index (χ0v) is 26.1. The number of alkyl halides is 2. The van der Waals surface area contributed by atoms with Crippen molar-refractivity contribution in [2.75, 3.05) is 30.5 Å². The third kappa shape index (κ3) is 7.23. The second-order valence-corrected chi connectivity index (χ2v) is 14.0. The molecule has 2 aromatic carbocycles. The molecule has 1 aliphatic rings. The molecule has 0 aliphatic heterocycles. The Bertz CT molecular complexity index is 1500. The molecule has 1 heterocycles. The number of hydrogen-bond donors (Lipinski definition) is 1. The van der Waals surface area contributed by atoms with Gasteiger partial charge in [-0.2, -0.15) is 13.9 Å². The number of carbonyl (C=O) groups excluding carboxylic acids is 1. The number of fused-ring (bicyclic) bond motifs is 1. The number of carbonyl (C=O) groups is 1. The van der Waals surface area contributed by atoms with E-state index in [-0.39, 0.29) is 33.9 Å². The predicted molar refractivity (Wildman–Crippen MR) is 160 cm³/mol. The van der Waals surface area contributed by atoms with Crippen LogP contribution in [0.25, 0.3) is 10.9 Å². The van der Waals surface area contributed by atoms with Crippen molar-refractivity contribution in [3.63, 3.8) is 0 Å². The topological polar surface area (TPSA) is 87.5 Å². The van der Waals surface area contributed by atoms with E-state index in [0.29, 0.717) is 23.3 Å². The van der Waals surface area contributed by atoms with E-state index >= 15 is 0 Å². The van der Waals surface area contributed by atoms with Crippen molar-refractivity contribution < 1.29 is 26.4 Å². The summed E-state index contributed by atoms with van der Waals surface area (Å²) in [5, 5.41) is 7.17. The van der Waals surface area contributed by atoms with Crippen LogP contribution in [0, 0.1) is 11.7 Å². The summed E-state index contributed by atoms with van der Waals surface area (Å²) < 4.78 is 70.7. The smallest absolute Gasteiger partial charge is 0.316 e. The van der Waals surface area contributed by atoms with Gasteiger partial charge in [0.2, 0.25) is 5.91 Å². The zero-order valence-electron chi connectivity index (χ0n) is 24.4. The van der Waals surface area contributed by atoms with E-state index in [1.807, 2.05) is 13.3 Å². The van der Waals surface area contributed by atoms with Crippen LogP contribution >= 0.6 is 11.8 Å². The molecule has 230 valence electrons. The largest absolute Gasteiger partial charge is 0.352 e. The Morgan fingerprint density at radius 2 is 1.86 bits per heavy atom. The number of aromatic nitrogens is 2. The predicted octanol–water partition coefficient (Wildman–Crippen LogP) is 4.93. The molecule has 0 bridgehead atoms. The van der Waals surface area contributed by atoms with Crippen molar-refractivity contribution in [3.8, 4) is 0 Å². The van der Waals surface area contributed by atoms with Crippen molar-refractivity contribution in [3.05, 3.63) is 48.3 Å². The maximum Gasteiger partial charge on any atom is 0.316 e. The van der Waals surface area contributed by atoms with E-state index in [2.05, 4.69) is 29.2 Å². The third-order valence-electron chi connectivity index (χ3n) is 8.16. The lowest BCUT2D eigenvalue weighted by atomic mass is 9.81. The molecule has 3 aromatic rings. The van der Waals surface area contributed by atoms with Gasteiger partial charge in [0.15, 0.2) is 15.7 Å². The SMILES string of the molecule is CSc1ccc(S(=O)(=O)C[C@@H]2C[C@H](N(C)C(C)C)CC[C@@H]2NC(=O)CN(c2nn(C)c3ccc(F)cc23)C(F)F)cc1. The molecule has 0 saturated heterocycles. The summed E-state index contributed by atoms with van der Waals surface area (Å²) >= 11 is 1.52. The highest BCUT2D eigenvalue weighted by molar-refractivity contribution is 7.98. The van der Waals surface area contributed by atoms with Crippen molar-refractivity contribution in [1.29, 1.82) is 0 Å². The number of rotatable bonds is 11. The van der Waals surface area contributed by atoms with Gasteiger partial charge in [-0.1, -0.05) is 0 Å². The van der Waals surface area contributed by atoms with Crippen molar-refractivity contribution in [2.24, 2.45) is 13.0 Å². The van der Waals surface area contributed by atoms with Crippen LogP contribution < -0.4 is 10.2 Å². The maximum absolute atomic E-state index is 14.2. The number of amides is 1. The standard InChI is InChI=1S/C29H38F3N5O3S2/c1-18(2)35(3)21-7-12-25(19(14-21)17-42(39,40)23-10-8-22(41-5)9-11-23)33-27(38)16-37(29(31)32)28-24-15-20(30)6-13-26(24)36(4)34-28/h6,8-11,13,15,18-19,21,25,29H,7,12,14,16-17H2,1-5H3,(H,33,38)/t19-,21+,25-/m0/s1. The van der Waals surface area contributed by atoms with E-state index in [1.54, 1.807) is 31.3 Å². The van der Waals surface area contributed by atoms with Crippen LogP contribution in [0.3, 0.4) is 0 Å². The summed E-state index contributed by atoms with van der Waals surface area (Å²) in [5.74, 6) is -2.10. The van der Waals surface area contributed by atoms with Crippen molar-refractivity contribution >= 4 is 44.2 Å². The zero-order chi connectivity index (χ0) is 30.8. The first-order chi connectivity index (χ1) is 19.8. The number of nitrogens with one attached hydrogen (secondary N) is 1. The molecule has 1 fully saturated rings. The van der Waals surface area contributed by atoms with E-state index < -0.39 is 46.6 Å². The molecule has 0 unspecified atom stereocenters. The fourth-order valence-corrected chi connectivity index (χ4v) is 7.72. The lowest BCUT2D eigenvalue weighted by Crippen LogP contribution is -2.53. The Morgan fingerprint density at radius 1 is 1.17 bits per heavy atom. The molecule has 0 spiro atoms. The molecule has 13 heteroatoms. The minimum atomic E-state index is -3.69. The van der Waals surface area contributed by atoms with E-state index in [4.69, 9.17) is 0 Å². The monoisotopic (exact) mass is 625 g/mol. The highest BCUT2D eigenvalue weighted by Crippen LogP contribution is 2.32. The van der Waals surface area contributed by atoms with Gasteiger partial charge in [-0.25, -0.2) is 12.8 Å². The fourth-order valence-electron chi connectivity index (χ4n) is 5.64. The second kappa shape index (κ2) is 13.3. The number of nitrogens with zero attached hydrogens (tertiary/aromatic N) is 4. The summed E-state index contributed by atoms with van der Waals surface area (Å²) in [7, 11) is -0.129. The minimum absolute atomic E-state index is 0.115. The quantitative estimate of drug-likeness (QED) is 0.239. The summed E-state index contributed by atoms with van der Waals surface area (Å²) in [6, 6.07) is 10.3. The van der Waals surface area contributed by atoms with E-state index in [1.165, 1.54) is 28.6 Å². The Hall–Kier alpha value is -2.77. The van der Waals surface area contributed by atoms with Gasteiger partial charge in [0.05, 0.1) is 16.2 Å². The molecular weight excluding hydrogens is 587 g/mol. The van der Waals surface area contributed by atoms with Crippen LogP contribution in [0.4, 0.5) is 19.0 Å². The van der Waals surface area contributed by atoms with Crippen LogP contribution in [0.15, 0.2) is 52.3 Å².